The van der Waals surface area contributed by atoms with E-state index in [1.807, 2.05) is 30.7 Å². The van der Waals surface area contributed by atoms with E-state index in [1.165, 1.54) is 18.5 Å². The van der Waals surface area contributed by atoms with Crippen LogP contribution in [0, 0.1) is 5.92 Å². The van der Waals surface area contributed by atoms with Crippen LogP contribution in [0.25, 0.3) is 16.9 Å². The van der Waals surface area contributed by atoms with Crippen LogP contribution in [-0.2, 0) is 0 Å². The summed E-state index contributed by atoms with van der Waals surface area (Å²) < 4.78 is 2.13. The average Bonchev–Trinajstić information content (AvgIpc) is 3.59. The number of imidazole rings is 1. The Bertz CT molecular complexity index is 1320. The molecule has 2 aliphatic heterocycles. The molecule has 35 heavy (non-hydrogen) atoms. The maximum atomic E-state index is 5.18. The highest BCUT2D eigenvalue weighted by atomic mass is 15.4. The maximum Gasteiger partial charge on any atom is 0.212 e. The van der Waals surface area contributed by atoms with Gasteiger partial charge >= 0.3 is 0 Å². The molecule has 5 heterocycles. The highest BCUT2D eigenvalue weighted by Gasteiger charge is 2.44. The van der Waals surface area contributed by atoms with Gasteiger partial charge in [0.25, 0.3) is 0 Å². The number of rotatable bonds is 7. The first-order valence-corrected chi connectivity index (χ1v) is 12.7. The molecule has 1 unspecified atom stereocenters. The highest BCUT2D eigenvalue weighted by Crippen LogP contribution is 2.35. The lowest BCUT2D eigenvalue weighted by Gasteiger charge is -2.35. The van der Waals surface area contributed by atoms with Crippen molar-refractivity contribution in [1.29, 1.82) is 0 Å². The highest BCUT2D eigenvalue weighted by molar-refractivity contribution is 5.68. The van der Waals surface area contributed by atoms with E-state index in [2.05, 4.69) is 86.7 Å². The molecule has 2 fully saturated rings. The Morgan fingerprint density at radius 2 is 1.83 bits per heavy atom. The van der Waals surface area contributed by atoms with Gasteiger partial charge < -0.3 is 10.2 Å². The Kier molecular flexibility index (Phi) is 5.65. The zero-order chi connectivity index (χ0) is 23.9. The molecule has 0 radical (unpaired) electrons. The molecule has 7 heteroatoms. The molecule has 3 atom stereocenters. The van der Waals surface area contributed by atoms with E-state index >= 15 is 0 Å². The molecule has 2 saturated heterocycles. The van der Waals surface area contributed by atoms with Crippen molar-refractivity contribution in [3.63, 3.8) is 0 Å². The van der Waals surface area contributed by atoms with Crippen molar-refractivity contribution in [2.75, 3.05) is 29.9 Å². The van der Waals surface area contributed by atoms with Crippen LogP contribution in [0.15, 0.2) is 67.1 Å². The fourth-order valence-corrected chi connectivity index (χ4v) is 5.66. The Morgan fingerprint density at radius 1 is 0.971 bits per heavy atom. The van der Waals surface area contributed by atoms with E-state index in [-0.39, 0.29) is 6.04 Å². The van der Waals surface area contributed by atoms with Crippen molar-refractivity contribution >= 4 is 17.4 Å². The third kappa shape index (κ3) is 4.25. The summed E-state index contributed by atoms with van der Waals surface area (Å²) in [6.45, 7) is 10.1. The second kappa shape index (κ2) is 8.96. The number of nitrogens with zero attached hydrogens (tertiary/aromatic N) is 6. The Balaban J connectivity index is 1.29. The summed E-state index contributed by atoms with van der Waals surface area (Å²) in [4.78, 5) is 19.5. The molecular weight excluding hydrogens is 434 g/mol. The van der Waals surface area contributed by atoms with Gasteiger partial charge in [-0.25, -0.2) is 15.0 Å². The summed E-state index contributed by atoms with van der Waals surface area (Å²) in [5.41, 5.74) is 4.13. The molecule has 4 aromatic rings. The van der Waals surface area contributed by atoms with Gasteiger partial charge in [-0.15, -0.1) is 0 Å². The molecule has 2 bridgehead atoms. The van der Waals surface area contributed by atoms with Gasteiger partial charge in [-0.2, -0.15) is 0 Å². The van der Waals surface area contributed by atoms with Crippen LogP contribution in [-0.4, -0.2) is 56.0 Å². The maximum absolute atomic E-state index is 5.18. The first-order chi connectivity index (χ1) is 17.0. The van der Waals surface area contributed by atoms with Crippen LogP contribution in [0.1, 0.15) is 38.8 Å². The molecule has 0 amide bonds. The summed E-state index contributed by atoms with van der Waals surface area (Å²) in [7, 11) is 0. The molecule has 2 aliphatic rings. The number of nitrogens with one attached hydrogen (secondary N) is 1. The van der Waals surface area contributed by atoms with E-state index in [9.17, 15) is 0 Å². The number of aromatic nitrogens is 4. The summed E-state index contributed by atoms with van der Waals surface area (Å²) in [5.74, 6) is 2.54. The predicted molar refractivity (Wildman–Crippen MR) is 141 cm³/mol. The summed E-state index contributed by atoms with van der Waals surface area (Å²) in [5, 5.41) is 3.54. The fourth-order valence-electron chi connectivity index (χ4n) is 5.66. The van der Waals surface area contributed by atoms with Gasteiger partial charge in [0.05, 0.1) is 5.69 Å². The number of hydrogen-bond donors (Lipinski definition) is 1. The minimum atomic E-state index is 0.159. The lowest BCUT2D eigenvalue weighted by molar-refractivity contribution is 0.213. The predicted octanol–water partition coefficient (Wildman–Crippen LogP) is 4.88. The van der Waals surface area contributed by atoms with E-state index in [0.717, 1.165) is 41.8 Å². The number of anilines is 2. The van der Waals surface area contributed by atoms with Crippen LogP contribution in [0.5, 0.6) is 0 Å². The Labute approximate surface area is 206 Å². The van der Waals surface area contributed by atoms with Crippen molar-refractivity contribution in [3.8, 4) is 11.3 Å². The van der Waals surface area contributed by atoms with Crippen molar-refractivity contribution in [3.05, 3.63) is 72.7 Å². The molecule has 0 saturated carbocycles. The zero-order valence-electron chi connectivity index (χ0n) is 20.7. The quantitative estimate of drug-likeness (QED) is 0.418. The van der Waals surface area contributed by atoms with Crippen molar-refractivity contribution in [2.24, 2.45) is 5.92 Å². The van der Waals surface area contributed by atoms with Crippen LogP contribution in [0.3, 0.4) is 0 Å². The van der Waals surface area contributed by atoms with Crippen LogP contribution < -0.4 is 10.2 Å². The third-order valence-electron chi connectivity index (χ3n) is 7.30. The van der Waals surface area contributed by atoms with Crippen LogP contribution in [0.2, 0.25) is 0 Å². The monoisotopic (exact) mass is 467 g/mol. The van der Waals surface area contributed by atoms with Gasteiger partial charge in [-0.3, -0.25) is 9.30 Å². The SMILES string of the molecule is CC(C)CN1C[C@@H]2C[C@H]1CN2c1nc(-c2ccnc(NC(C)c3ccccc3)c2)cc2nccn12. The number of hydrogen-bond acceptors (Lipinski definition) is 6. The Hall–Kier alpha value is -3.45. The van der Waals surface area contributed by atoms with Gasteiger partial charge in [0.15, 0.2) is 0 Å². The fraction of sp³-hybridized carbons (Fsp3) is 0.393. The summed E-state index contributed by atoms with van der Waals surface area (Å²) in [6.07, 6.45) is 6.97. The van der Waals surface area contributed by atoms with E-state index in [1.54, 1.807) is 0 Å². The van der Waals surface area contributed by atoms with Gasteiger partial charge in [-0.1, -0.05) is 44.2 Å². The zero-order valence-corrected chi connectivity index (χ0v) is 20.7. The Morgan fingerprint density at radius 3 is 2.60 bits per heavy atom. The largest absolute Gasteiger partial charge is 0.364 e. The first kappa shape index (κ1) is 22.0. The number of benzene rings is 1. The normalized spacial score (nSPS) is 20.7. The molecule has 180 valence electrons. The summed E-state index contributed by atoms with van der Waals surface area (Å²) >= 11 is 0. The lowest BCUT2D eigenvalue weighted by atomic mass is 10.1. The van der Waals surface area contributed by atoms with Gasteiger partial charge in [0.1, 0.15) is 11.5 Å². The number of likely N-dealkylation sites (tertiary alicyclic amines) is 1. The van der Waals surface area contributed by atoms with Crippen molar-refractivity contribution in [1.82, 2.24) is 24.3 Å². The molecule has 1 aromatic carbocycles. The van der Waals surface area contributed by atoms with Gasteiger partial charge in [0, 0.05) is 68.0 Å². The molecule has 1 N–H and O–H groups in total. The number of fused-ring (bicyclic) bond motifs is 3. The lowest BCUT2D eigenvalue weighted by Crippen LogP contribution is -2.48. The number of pyridine rings is 1. The van der Waals surface area contributed by atoms with E-state index in [4.69, 9.17) is 4.98 Å². The standard InChI is InChI=1S/C28H33N7/c1-19(2)16-33-17-24-14-23(33)18-35(24)28-32-25(15-27-30-11-12-34(27)28)22-9-10-29-26(13-22)31-20(3)21-7-5-4-6-8-21/h4-13,15,19-20,23-24H,14,16-18H2,1-3H3,(H,29,31)/t20?,23-,24-/m0/s1. The second-order valence-corrected chi connectivity index (χ2v) is 10.3. The van der Waals surface area contributed by atoms with Crippen LogP contribution >= 0.6 is 0 Å². The van der Waals surface area contributed by atoms with E-state index in [0.29, 0.717) is 18.0 Å². The van der Waals surface area contributed by atoms with Gasteiger partial charge in [0.2, 0.25) is 5.95 Å². The molecule has 6 rings (SSSR count). The molecular formula is C28H33N7. The van der Waals surface area contributed by atoms with Crippen molar-refractivity contribution < 1.29 is 0 Å². The second-order valence-electron chi connectivity index (χ2n) is 10.3. The van der Waals surface area contributed by atoms with E-state index < -0.39 is 0 Å². The van der Waals surface area contributed by atoms with Crippen molar-refractivity contribution in [2.45, 2.75) is 45.3 Å². The first-order valence-electron chi connectivity index (χ1n) is 12.7. The topological polar surface area (TPSA) is 61.6 Å². The summed E-state index contributed by atoms with van der Waals surface area (Å²) in [6, 6.07) is 17.9. The smallest absolute Gasteiger partial charge is 0.212 e. The van der Waals surface area contributed by atoms with Crippen LogP contribution in [0.4, 0.5) is 11.8 Å². The number of piperazine rings is 1. The average molecular weight is 468 g/mol. The third-order valence-corrected chi connectivity index (χ3v) is 7.30. The molecule has 7 nitrogen and oxygen atoms in total. The molecule has 0 spiro atoms. The minimum absolute atomic E-state index is 0.159. The molecule has 0 aliphatic carbocycles. The van der Waals surface area contributed by atoms with Gasteiger partial charge in [-0.05, 0) is 37.0 Å². The minimum Gasteiger partial charge on any atom is -0.364 e. The molecule has 3 aromatic heterocycles.